The van der Waals surface area contributed by atoms with E-state index in [0.717, 1.165) is 32.3 Å². The summed E-state index contributed by atoms with van der Waals surface area (Å²) in [6, 6.07) is 8.58. The molecule has 0 spiro atoms. The molecule has 0 amide bonds. The highest BCUT2D eigenvalue weighted by molar-refractivity contribution is 5.35. The zero-order valence-corrected chi connectivity index (χ0v) is 11.2. The average molecular weight is 249 g/mol. The quantitative estimate of drug-likeness (QED) is 0.751. The molecule has 3 nitrogen and oxygen atoms in total. The minimum absolute atomic E-state index is 0.0612. The predicted octanol–water partition coefficient (Wildman–Crippen LogP) is 1.93. The van der Waals surface area contributed by atoms with Crippen molar-refractivity contribution in [2.75, 3.05) is 26.9 Å². The molecule has 0 aromatic heterocycles. The maximum Gasteiger partial charge on any atom is 0.0700 e. The Kier molecular flexibility index (Phi) is 4.75. The van der Waals surface area contributed by atoms with Crippen molar-refractivity contribution in [2.24, 2.45) is 5.73 Å². The van der Waals surface area contributed by atoms with Crippen LogP contribution in [0.2, 0.25) is 0 Å². The van der Waals surface area contributed by atoms with Gasteiger partial charge in [-0.15, -0.1) is 0 Å². The molecule has 0 aliphatic heterocycles. The first-order valence-corrected chi connectivity index (χ1v) is 6.66. The van der Waals surface area contributed by atoms with Crippen molar-refractivity contribution in [1.29, 1.82) is 0 Å². The van der Waals surface area contributed by atoms with Gasteiger partial charge in [-0.25, -0.2) is 0 Å². The van der Waals surface area contributed by atoms with E-state index in [1.807, 2.05) is 0 Å². The van der Waals surface area contributed by atoms with Crippen LogP contribution in [-0.4, -0.2) is 32.5 Å². The number of hydrogen-bond acceptors (Lipinski definition) is 3. The molecular weight excluding hydrogens is 226 g/mol. The Morgan fingerprint density at radius 1 is 1.11 bits per heavy atom. The Balaban J connectivity index is 1.71. The summed E-state index contributed by atoms with van der Waals surface area (Å²) < 4.78 is 10.4. The molecule has 1 aromatic rings. The molecule has 100 valence electrons. The number of fused-ring (bicyclic) bond motifs is 1. The molecule has 1 aromatic carbocycles. The van der Waals surface area contributed by atoms with Crippen LogP contribution in [0.4, 0.5) is 0 Å². The summed E-state index contributed by atoms with van der Waals surface area (Å²) in [6.07, 6.45) is 4.05. The van der Waals surface area contributed by atoms with Gasteiger partial charge in [-0.2, -0.15) is 0 Å². The van der Waals surface area contributed by atoms with E-state index in [1.165, 1.54) is 11.1 Å². The molecule has 0 fully saturated rings. The molecule has 0 radical (unpaired) electrons. The van der Waals surface area contributed by atoms with Gasteiger partial charge in [0.1, 0.15) is 0 Å². The normalized spacial score (nSPS) is 16.8. The van der Waals surface area contributed by atoms with E-state index in [4.69, 9.17) is 15.2 Å². The van der Waals surface area contributed by atoms with Crippen molar-refractivity contribution in [2.45, 2.75) is 31.2 Å². The molecule has 18 heavy (non-hydrogen) atoms. The van der Waals surface area contributed by atoms with Crippen LogP contribution in [0, 0.1) is 0 Å². The SMILES string of the molecule is COCCOCCCC1(N)Cc2ccccc2C1. The van der Waals surface area contributed by atoms with Gasteiger partial charge in [0.25, 0.3) is 0 Å². The summed E-state index contributed by atoms with van der Waals surface area (Å²) in [5.74, 6) is 0. The van der Waals surface area contributed by atoms with E-state index in [0.29, 0.717) is 13.2 Å². The van der Waals surface area contributed by atoms with E-state index < -0.39 is 0 Å². The van der Waals surface area contributed by atoms with E-state index in [-0.39, 0.29) is 5.54 Å². The fraction of sp³-hybridized carbons (Fsp3) is 0.600. The summed E-state index contributed by atoms with van der Waals surface area (Å²) in [5.41, 5.74) is 9.24. The first kappa shape index (κ1) is 13.5. The summed E-state index contributed by atoms with van der Waals surface area (Å²) in [5, 5.41) is 0. The molecule has 0 saturated heterocycles. The third-order valence-electron chi connectivity index (χ3n) is 3.60. The Hall–Kier alpha value is -0.900. The van der Waals surface area contributed by atoms with E-state index in [2.05, 4.69) is 24.3 Å². The molecule has 0 heterocycles. The second kappa shape index (κ2) is 6.32. The Morgan fingerprint density at radius 2 is 1.78 bits per heavy atom. The second-order valence-electron chi connectivity index (χ2n) is 5.19. The van der Waals surface area contributed by atoms with Crippen molar-refractivity contribution >= 4 is 0 Å². The van der Waals surface area contributed by atoms with Gasteiger partial charge < -0.3 is 15.2 Å². The molecule has 1 aliphatic rings. The first-order valence-electron chi connectivity index (χ1n) is 6.66. The lowest BCUT2D eigenvalue weighted by atomic mass is 9.91. The van der Waals surface area contributed by atoms with Gasteiger partial charge >= 0.3 is 0 Å². The Morgan fingerprint density at radius 3 is 2.39 bits per heavy atom. The van der Waals surface area contributed by atoms with E-state index >= 15 is 0 Å². The van der Waals surface area contributed by atoms with Crippen molar-refractivity contribution in [3.05, 3.63) is 35.4 Å². The van der Waals surface area contributed by atoms with E-state index in [1.54, 1.807) is 7.11 Å². The third-order valence-corrected chi connectivity index (χ3v) is 3.60. The first-order chi connectivity index (χ1) is 8.73. The van der Waals surface area contributed by atoms with Crippen LogP contribution in [-0.2, 0) is 22.3 Å². The predicted molar refractivity (Wildman–Crippen MR) is 72.7 cm³/mol. The molecule has 1 aliphatic carbocycles. The Bertz CT molecular complexity index is 354. The zero-order chi connectivity index (χ0) is 12.8. The molecule has 2 rings (SSSR count). The Labute approximate surface area is 109 Å². The summed E-state index contributed by atoms with van der Waals surface area (Å²) in [4.78, 5) is 0. The molecule has 3 heteroatoms. The van der Waals surface area contributed by atoms with Gasteiger partial charge in [0.05, 0.1) is 13.2 Å². The van der Waals surface area contributed by atoms with Crippen LogP contribution < -0.4 is 5.73 Å². The minimum atomic E-state index is -0.0612. The van der Waals surface area contributed by atoms with Gasteiger partial charge in [-0.1, -0.05) is 24.3 Å². The monoisotopic (exact) mass is 249 g/mol. The maximum atomic E-state index is 6.47. The van der Waals surface area contributed by atoms with E-state index in [9.17, 15) is 0 Å². The summed E-state index contributed by atoms with van der Waals surface area (Å²) in [7, 11) is 1.69. The number of nitrogens with two attached hydrogens (primary N) is 1. The van der Waals surface area contributed by atoms with Gasteiger partial charge in [-0.05, 0) is 36.8 Å². The topological polar surface area (TPSA) is 44.5 Å². The maximum absolute atomic E-state index is 6.47. The number of methoxy groups -OCH3 is 1. The lowest BCUT2D eigenvalue weighted by Crippen LogP contribution is -2.40. The van der Waals surface area contributed by atoms with Gasteiger partial charge in [0, 0.05) is 19.3 Å². The number of benzene rings is 1. The highest BCUT2D eigenvalue weighted by Gasteiger charge is 2.32. The molecule has 2 N–H and O–H groups in total. The number of hydrogen-bond donors (Lipinski definition) is 1. The van der Waals surface area contributed by atoms with Gasteiger partial charge in [0.2, 0.25) is 0 Å². The molecule has 0 saturated carbocycles. The summed E-state index contributed by atoms with van der Waals surface area (Å²) in [6.45, 7) is 2.12. The standard InChI is InChI=1S/C15H23NO2/c1-17-9-10-18-8-4-7-15(16)11-13-5-2-3-6-14(13)12-15/h2-3,5-6H,4,7-12,16H2,1H3. The minimum Gasteiger partial charge on any atom is -0.382 e. The van der Waals surface area contributed by atoms with Crippen LogP contribution in [0.3, 0.4) is 0 Å². The lowest BCUT2D eigenvalue weighted by Gasteiger charge is -2.23. The van der Waals surface area contributed by atoms with Crippen LogP contribution >= 0.6 is 0 Å². The largest absolute Gasteiger partial charge is 0.382 e. The highest BCUT2D eigenvalue weighted by atomic mass is 16.5. The summed E-state index contributed by atoms with van der Waals surface area (Å²) >= 11 is 0. The second-order valence-corrected chi connectivity index (χ2v) is 5.19. The van der Waals surface area contributed by atoms with Gasteiger partial charge in [-0.3, -0.25) is 0 Å². The lowest BCUT2D eigenvalue weighted by molar-refractivity contribution is 0.0666. The van der Waals surface area contributed by atoms with Gasteiger partial charge in [0.15, 0.2) is 0 Å². The fourth-order valence-electron chi connectivity index (χ4n) is 2.67. The highest BCUT2D eigenvalue weighted by Crippen LogP contribution is 2.31. The van der Waals surface area contributed by atoms with Crippen molar-refractivity contribution < 1.29 is 9.47 Å². The van der Waals surface area contributed by atoms with Crippen LogP contribution in [0.1, 0.15) is 24.0 Å². The average Bonchev–Trinajstić information content (AvgIpc) is 2.70. The molecule has 0 atom stereocenters. The van der Waals surface area contributed by atoms with Crippen molar-refractivity contribution in [3.63, 3.8) is 0 Å². The molecule has 0 bridgehead atoms. The van der Waals surface area contributed by atoms with Crippen LogP contribution in [0.15, 0.2) is 24.3 Å². The van der Waals surface area contributed by atoms with Crippen molar-refractivity contribution in [3.8, 4) is 0 Å². The van der Waals surface area contributed by atoms with Crippen LogP contribution in [0.5, 0.6) is 0 Å². The molecular formula is C15H23NO2. The number of ether oxygens (including phenoxy) is 2. The smallest absolute Gasteiger partial charge is 0.0700 e. The zero-order valence-electron chi connectivity index (χ0n) is 11.2. The van der Waals surface area contributed by atoms with Crippen molar-refractivity contribution in [1.82, 2.24) is 0 Å². The fourth-order valence-corrected chi connectivity index (χ4v) is 2.67. The molecule has 0 unspecified atom stereocenters. The third kappa shape index (κ3) is 3.55. The van der Waals surface area contributed by atoms with Crippen LogP contribution in [0.25, 0.3) is 0 Å². The number of rotatable bonds is 7.